The van der Waals surface area contributed by atoms with Crippen molar-refractivity contribution in [3.8, 4) is 5.75 Å². The molecule has 0 aliphatic carbocycles. The molecule has 0 amide bonds. The van der Waals surface area contributed by atoms with Gasteiger partial charge >= 0.3 is 0 Å². The molecule has 0 saturated heterocycles. The molecule has 0 atom stereocenters. The number of benzene rings is 1. The highest BCUT2D eigenvalue weighted by atomic mass is 127. The first kappa shape index (κ1) is 10.8. The van der Waals surface area contributed by atoms with Crippen LogP contribution in [0, 0.1) is 3.57 Å². The second-order valence-electron chi connectivity index (χ2n) is 2.21. The van der Waals surface area contributed by atoms with Gasteiger partial charge in [-0.25, -0.2) is 0 Å². The number of methoxy groups -OCH3 is 1. The zero-order valence-electron chi connectivity index (χ0n) is 6.40. The van der Waals surface area contributed by atoms with E-state index < -0.39 is 0 Å². The second-order valence-corrected chi connectivity index (χ2v) is 4.79. The lowest BCUT2D eigenvalue weighted by atomic mass is 10.2. The van der Waals surface area contributed by atoms with Gasteiger partial charge in [0.05, 0.1) is 11.6 Å². The van der Waals surface area contributed by atoms with Crippen LogP contribution in [0.15, 0.2) is 16.6 Å². The first-order valence-corrected chi connectivity index (χ1v) is 6.26. The lowest BCUT2D eigenvalue weighted by molar-refractivity contribution is 0.411. The minimum Gasteiger partial charge on any atom is -0.496 e. The van der Waals surface area contributed by atoms with E-state index in [0.29, 0.717) is 0 Å². The molecular weight excluding hydrogens is 399 g/mol. The van der Waals surface area contributed by atoms with E-state index in [1.165, 1.54) is 9.13 Å². The Labute approximate surface area is 102 Å². The highest BCUT2D eigenvalue weighted by molar-refractivity contribution is 14.1. The fraction of sp³-hybridized carbons (Fsp3) is 0.250. The third-order valence-corrected chi connectivity index (χ3v) is 3.69. The van der Waals surface area contributed by atoms with Gasteiger partial charge in [0.25, 0.3) is 0 Å². The maximum Gasteiger partial charge on any atom is 0.134 e. The van der Waals surface area contributed by atoms with E-state index >= 15 is 0 Å². The number of ether oxygens (including phenoxy) is 1. The van der Waals surface area contributed by atoms with E-state index in [0.717, 1.165) is 15.6 Å². The molecule has 0 fully saturated rings. The fourth-order valence-electron chi connectivity index (χ4n) is 0.829. The summed E-state index contributed by atoms with van der Waals surface area (Å²) in [6.45, 7) is 0. The summed E-state index contributed by atoms with van der Waals surface area (Å²) in [5.74, 6) is 0.879. The van der Waals surface area contributed by atoms with Crippen molar-refractivity contribution in [2.24, 2.45) is 0 Å². The summed E-state index contributed by atoms with van der Waals surface area (Å²) in [5.41, 5.74) is 1.27. The Morgan fingerprint density at radius 2 is 2.17 bits per heavy atom. The average molecular weight is 406 g/mol. The Bertz CT molecular complexity index is 259. The topological polar surface area (TPSA) is 9.23 Å². The van der Waals surface area contributed by atoms with Crippen molar-refractivity contribution < 1.29 is 4.74 Å². The van der Waals surface area contributed by atoms with Gasteiger partial charge in [0.2, 0.25) is 0 Å². The van der Waals surface area contributed by atoms with Crippen LogP contribution in [0.4, 0.5) is 0 Å². The zero-order chi connectivity index (χ0) is 9.14. The standard InChI is InChI=1S/C8H7Br2IO/c1-12-8-3-7(11)5(4-9)2-6(8)10/h2-3H,4H2,1H3. The van der Waals surface area contributed by atoms with Gasteiger partial charge in [-0.3, -0.25) is 0 Å². The Kier molecular flexibility index (Phi) is 4.32. The van der Waals surface area contributed by atoms with Crippen molar-refractivity contribution in [2.75, 3.05) is 7.11 Å². The third-order valence-electron chi connectivity index (χ3n) is 1.46. The minimum atomic E-state index is 0.869. The van der Waals surface area contributed by atoms with E-state index in [1.54, 1.807) is 7.11 Å². The molecule has 0 unspecified atom stereocenters. The normalized spacial score (nSPS) is 10.0. The molecule has 0 saturated carbocycles. The molecule has 1 rings (SSSR count). The van der Waals surface area contributed by atoms with Crippen molar-refractivity contribution in [3.63, 3.8) is 0 Å². The third kappa shape index (κ3) is 2.35. The van der Waals surface area contributed by atoms with Crippen LogP contribution in [0.1, 0.15) is 5.56 Å². The smallest absolute Gasteiger partial charge is 0.134 e. The van der Waals surface area contributed by atoms with Gasteiger partial charge in [0.1, 0.15) is 5.75 Å². The van der Waals surface area contributed by atoms with Gasteiger partial charge in [0.15, 0.2) is 0 Å². The van der Waals surface area contributed by atoms with Crippen molar-refractivity contribution in [1.29, 1.82) is 0 Å². The summed E-state index contributed by atoms with van der Waals surface area (Å²) in [6, 6.07) is 4.08. The molecule has 0 aliphatic rings. The molecule has 0 aliphatic heterocycles. The van der Waals surface area contributed by atoms with Crippen LogP contribution in [0.2, 0.25) is 0 Å². The van der Waals surface area contributed by atoms with Crippen LogP contribution in [0.5, 0.6) is 5.75 Å². The molecule has 66 valence electrons. The summed E-state index contributed by atoms with van der Waals surface area (Å²) in [6.07, 6.45) is 0. The van der Waals surface area contributed by atoms with Crippen LogP contribution in [-0.4, -0.2) is 7.11 Å². The molecule has 0 spiro atoms. The van der Waals surface area contributed by atoms with E-state index in [-0.39, 0.29) is 0 Å². The highest BCUT2D eigenvalue weighted by Gasteiger charge is 2.05. The van der Waals surface area contributed by atoms with Crippen LogP contribution in [0.3, 0.4) is 0 Å². The maximum atomic E-state index is 5.16. The molecule has 1 nitrogen and oxygen atoms in total. The summed E-state index contributed by atoms with van der Waals surface area (Å²) < 4.78 is 7.37. The predicted octanol–water partition coefficient (Wildman–Crippen LogP) is 3.96. The minimum absolute atomic E-state index is 0.869. The van der Waals surface area contributed by atoms with E-state index in [1.807, 2.05) is 6.07 Å². The monoisotopic (exact) mass is 404 g/mol. The summed E-state index contributed by atoms with van der Waals surface area (Å²) in [7, 11) is 1.67. The average Bonchev–Trinajstić information content (AvgIpc) is 2.08. The molecule has 0 aromatic heterocycles. The number of hydrogen-bond acceptors (Lipinski definition) is 1. The first-order valence-electron chi connectivity index (χ1n) is 3.27. The number of rotatable bonds is 2. The highest BCUT2D eigenvalue weighted by Crippen LogP contribution is 2.30. The Balaban J connectivity index is 3.16. The fourth-order valence-corrected chi connectivity index (χ4v) is 3.00. The van der Waals surface area contributed by atoms with Gasteiger partial charge in [0, 0.05) is 8.90 Å². The molecule has 1 aromatic rings. The van der Waals surface area contributed by atoms with Gasteiger partial charge in [-0.05, 0) is 56.2 Å². The summed E-state index contributed by atoms with van der Waals surface area (Å²) in [4.78, 5) is 0. The van der Waals surface area contributed by atoms with Gasteiger partial charge < -0.3 is 4.74 Å². The molecule has 1 aromatic carbocycles. The van der Waals surface area contributed by atoms with Gasteiger partial charge in [-0.2, -0.15) is 0 Å². The molecule has 12 heavy (non-hydrogen) atoms. The van der Waals surface area contributed by atoms with Crippen LogP contribution in [-0.2, 0) is 5.33 Å². The lowest BCUT2D eigenvalue weighted by Crippen LogP contribution is -1.89. The van der Waals surface area contributed by atoms with Gasteiger partial charge in [-0.15, -0.1) is 0 Å². The molecule has 0 N–H and O–H groups in total. The Hall–Kier alpha value is 0.710. The predicted molar refractivity (Wildman–Crippen MR) is 66.0 cm³/mol. The van der Waals surface area contributed by atoms with Crippen LogP contribution in [0.25, 0.3) is 0 Å². The summed E-state index contributed by atoms with van der Waals surface area (Å²) >= 11 is 9.15. The SMILES string of the molecule is COc1cc(I)c(CBr)cc1Br. The molecule has 0 bridgehead atoms. The number of alkyl halides is 1. The molecule has 0 heterocycles. The largest absolute Gasteiger partial charge is 0.496 e. The van der Waals surface area contributed by atoms with Crippen molar-refractivity contribution in [1.82, 2.24) is 0 Å². The van der Waals surface area contributed by atoms with Crippen LogP contribution < -0.4 is 4.74 Å². The first-order chi connectivity index (χ1) is 5.69. The molecule has 0 radical (unpaired) electrons. The van der Waals surface area contributed by atoms with E-state index in [9.17, 15) is 0 Å². The number of hydrogen-bond donors (Lipinski definition) is 0. The Morgan fingerprint density at radius 1 is 1.50 bits per heavy atom. The van der Waals surface area contributed by atoms with Crippen molar-refractivity contribution in [2.45, 2.75) is 5.33 Å². The van der Waals surface area contributed by atoms with Crippen LogP contribution >= 0.6 is 54.5 Å². The van der Waals surface area contributed by atoms with Crippen molar-refractivity contribution in [3.05, 3.63) is 25.7 Å². The summed E-state index contributed by atoms with van der Waals surface area (Å²) in [5, 5.41) is 0.869. The quantitative estimate of drug-likeness (QED) is 0.534. The van der Waals surface area contributed by atoms with Gasteiger partial charge in [-0.1, -0.05) is 15.9 Å². The Morgan fingerprint density at radius 3 is 2.67 bits per heavy atom. The van der Waals surface area contributed by atoms with E-state index in [4.69, 9.17) is 4.74 Å². The second kappa shape index (κ2) is 4.81. The number of halogens is 3. The van der Waals surface area contributed by atoms with E-state index in [2.05, 4.69) is 60.5 Å². The lowest BCUT2D eigenvalue weighted by Gasteiger charge is -2.06. The molecular formula is C8H7Br2IO. The maximum absolute atomic E-state index is 5.16. The van der Waals surface area contributed by atoms with Crippen molar-refractivity contribution >= 4 is 54.5 Å². The molecule has 4 heteroatoms. The zero-order valence-corrected chi connectivity index (χ0v) is 11.7.